The molecule has 0 saturated carbocycles. The number of benzene rings is 5. The van der Waals surface area contributed by atoms with Gasteiger partial charge in [0.05, 0.1) is 33.5 Å². The molecule has 48 heavy (non-hydrogen) atoms. The number of para-hydroxylation sites is 2. The number of carbonyl (C=O) groups is 2. The Balaban J connectivity index is 1.07. The lowest BCUT2D eigenvalue weighted by molar-refractivity contribution is 0.0945. The monoisotopic (exact) mass is 754 g/mol. The molecule has 2 amide bonds. The van der Waals surface area contributed by atoms with Crippen molar-refractivity contribution in [3.05, 3.63) is 165 Å². The molecule has 234 valence electrons. The lowest BCUT2D eigenvalue weighted by Gasteiger charge is -2.13. The number of fused-ring (bicyclic) bond motifs is 2. The van der Waals surface area contributed by atoms with E-state index in [-0.39, 0.29) is 11.8 Å². The Bertz CT molecular complexity index is 2180. The van der Waals surface area contributed by atoms with Crippen molar-refractivity contribution in [3.63, 3.8) is 0 Å². The van der Waals surface area contributed by atoms with Crippen LogP contribution in [-0.2, 0) is 13.1 Å². The number of halogens is 2. The van der Waals surface area contributed by atoms with Crippen LogP contribution < -0.4 is 10.6 Å². The fourth-order valence-corrected chi connectivity index (χ4v) is 6.52. The fraction of sp³-hybridized carbons (Fsp3) is 0.0500. The van der Waals surface area contributed by atoms with Crippen LogP contribution in [0.25, 0.3) is 44.3 Å². The Kier molecular flexibility index (Phi) is 9.09. The Hall–Kier alpha value is -5.18. The number of amides is 2. The molecule has 6 nitrogen and oxygen atoms in total. The molecule has 2 N–H and O–H groups in total. The average Bonchev–Trinajstić information content (AvgIpc) is 3.12. The van der Waals surface area contributed by atoms with Crippen LogP contribution in [0, 0.1) is 0 Å². The fourth-order valence-electron chi connectivity index (χ4n) is 5.72. The number of hydrogen-bond donors (Lipinski definition) is 2. The van der Waals surface area contributed by atoms with Gasteiger partial charge < -0.3 is 10.6 Å². The first-order valence-corrected chi connectivity index (χ1v) is 17.0. The Labute approximate surface area is 294 Å². The molecule has 2 aromatic heterocycles. The molecular weight excluding hydrogens is 728 g/mol. The molecule has 5 aromatic carbocycles. The Morgan fingerprint density at radius 2 is 0.938 bits per heavy atom. The molecule has 0 bridgehead atoms. The second-order valence-corrected chi connectivity index (χ2v) is 13.2. The summed E-state index contributed by atoms with van der Waals surface area (Å²) in [4.78, 5) is 36.8. The van der Waals surface area contributed by atoms with Crippen molar-refractivity contribution in [1.29, 1.82) is 0 Å². The summed E-state index contributed by atoms with van der Waals surface area (Å²) < 4.78 is 1.88. The van der Waals surface area contributed by atoms with Crippen LogP contribution in [-0.4, -0.2) is 21.8 Å². The molecule has 0 unspecified atom stereocenters. The molecule has 0 aliphatic heterocycles. The second-order valence-electron chi connectivity index (χ2n) is 11.4. The van der Waals surface area contributed by atoms with Crippen LogP contribution in [0.3, 0.4) is 0 Å². The van der Waals surface area contributed by atoms with Crippen molar-refractivity contribution >= 4 is 65.5 Å². The van der Waals surface area contributed by atoms with E-state index in [0.29, 0.717) is 24.2 Å². The molecule has 2 heterocycles. The minimum Gasteiger partial charge on any atom is -0.348 e. The van der Waals surface area contributed by atoms with E-state index in [1.807, 2.05) is 133 Å². The highest BCUT2D eigenvalue weighted by Gasteiger charge is 2.16. The van der Waals surface area contributed by atoms with Gasteiger partial charge in [0, 0.05) is 43.9 Å². The molecule has 0 atom stereocenters. The number of nitrogens with one attached hydrogen (secondary N) is 2. The van der Waals surface area contributed by atoms with Crippen molar-refractivity contribution < 1.29 is 9.59 Å². The molecule has 7 aromatic rings. The van der Waals surface area contributed by atoms with E-state index >= 15 is 0 Å². The summed E-state index contributed by atoms with van der Waals surface area (Å²) in [6.07, 6.45) is 0. The molecule has 7 rings (SSSR count). The predicted octanol–water partition coefficient (Wildman–Crippen LogP) is 9.50. The Morgan fingerprint density at radius 1 is 0.500 bits per heavy atom. The maximum absolute atomic E-state index is 13.6. The highest BCUT2D eigenvalue weighted by atomic mass is 79.9. The number of aromatic nitrogens is 2. The van der Waals surface area contributed by atoms with Gasteiger partial charge in [0.1, 0.15) is 0 Å². The lowest BCUT2D eigenvalue weighted by atomic mass is 10.0. The van der Waals surface area contributed by atoms with Gasteiger partial charge in [0.25, 0.3) is 11.8 Å². The molecule has 0 radical (unpaired) electrons. The molecule has 0 aliphatic rings. The maximum atomic E-state index is 13.6. The highest BCUT2D eigenvalue weighted by Crippen LogP contribution is 2.28. The summed E-state index contributed by atoms with van der Waals surface area (Å²) in [5, 5.41) is 7.75. The zero-order valence-corrected chi connectivity index (χ0v) is 28.8. The second kappa shape index (κ2) is 13.9. The molecule has 0 fully saturated rings. The quantitative estimate of drug-likeness (QED) is 0.162. The van der Waals surface area contributed by atoms with Crippen LogP contribution in [0.1, 0.15) is 31.8 Å². The number of hydrogen-bond acceptors (Lipinski definition) is 4. The van der Waals surface area contributed by atoms with E-state index in [9.17, 15) is 9.59 Å². The smallest absolute Gasteiger partial charge is 0.252 e. The normalized spacial score (nSPS) is 11.0. The predicted molar refractivity (Wildman–Crippen MR) is 199 cm³/mol. The summed E-state index contributed by atoms with van der Waals surface area (Å²) in [6.45, 7) is 0.656. The molecule has 8 heteroatoms. The van der Waals surface area contributed by atoms with E-state index < -0.39 is 0 Å². The zero-order valence-electron chi connectivity index (χ0n) is 25.6. The minimum absolute atomic E-state index is 0.186. The van der Waals surface area contributed by atoms with Gasteiger partial charge in [-0.3, -0.25) is 9.59 Å². The van der Waals surface area contributed by atoms with Crippen LogP contribution in [0.15, 0.2) is 142 Å². The van der Waals surface area contributed by atoms with Gasteiger partial charge in [0.15, 0.2) is 0 Å². The van der Waals surface area contributed by atoms with Crippen LogP contribution in [0.2, 0.25) is 0 Å². The van der Waals surface area contributed by atoms with E-state index in [1.54, 1.807) is 0 Å². The van der Waals surface area contributed by atoms with Crippen LogP contribution in [0.4, 0.5) is 0 Å². The third-order valence-corrected chi connectivity index (χ3v) is 9.05. The molecule has 0 saturated heterocycles. The van der Waals surface area contributed by atoms with Gasteiger partial charge in [0.2, 0.25) is 0 Å². The zero-order chi connectivity index (χ0) is 33.0. The van der Waals surface area contributed by atoms with Gasteiger partial charge in [-0.1, -0.05) is 117 Å². The summed E-state index contributed by atoms with van der Waals surface area (Å²) in [5.74, 6) is -0.372. The van der Waals surface area contributed by atoms with E-state index in [2.05, 4.69) is 42.5 Å². The van der Waals surface area contributed by atoms with Crippen molar-refractivity contribution in [2.75, 3.05) is 0 Å². The first kappa shape index (κ1) is 31.4. The van der Waals surface area contributed by atoms with Gasteiger partial charge >= 0.3 is 0 Å². The third kappa shape index (κ3) is 6.90. The Morgan fingerprint density at radius 3 is 1.40 bits per heavy atom. The number of rotatable bonds is 8. The van der Waals surface area contributed by atoms with Crippen molar-refractivity contribution in [3.8, 4) is 22.5 Å². The van der Waals surface area contributed by atoms with E-state index in [1.165, 1.54) is 0 Å². The highest BCUT2D eigenvalue weighted by molar-refractivity contribution is 9.10. The summed E-state index contributed by atoms with van der Waals surface area (Å²) >= 11 is 7.07. The van der Waals surface area contributed by atoms with Gasteiger partial charge in [-0.2, -0.15) is 0 Å². The first-order valence-electron chi connectivity index (χ1n) is 15.4. The summed E-state index contributed by atoms with van der Waals surface area (Å²) in [6, 6.07) is 42.6. The molecular formula is C40H28Br2N4O2. The van der Waals surface area contributed by atoms with Crippen molar-refractivity contribution in [1.82, 2.24) is 20.6 Å². The lowest BCUT2D eigenvalue weighted by Crippen LogP contribution is -2.24. The van der Waals surface area contributed by atoms with Crippen LogP contribution >= 0.6 is 31.9 Å². The molecule has 0 spiro atoms. The van der Waals surface area contributed by atoms with Crippen molar-refractivity contribution in [2.24, 2.45) is 0 Å². The van der Waals surface area contributed by atoms with Gasteiger partial charge in [-0.25, -0.2) is 9.97 Å². The summed E-state index contributed by atoms with van der Waals surface area (Å²) in [5.41, 5.74) is 7.76. The topological polar surface area (TPSA) is 84.0 Å². The van der Waals surface area contributed by atoms with E-state index in [4.69, 9.17) is 9.97 Å². The van der Waals surface area contributed by atoms with Gasteiger partial charge in [-0.15, -0.1) is 0 Å². The first-order chi connectivity index (χ1) is 23.4. The van der Waals surface area contributed by atoms with Crippen molar-refractivity contribution in [2.45, 2.75) is 13.1 Å². The van der Waals surface area contributed by atoms with Crippen LogP contribution in [0.5, 0.6) is 0 Å². The number of nitrogens with zero attached hydrogens (tertiary/aromatic N) is 2. The largest absolute Gasteiger partial charge is 0.348 e. The third-order valence-electron chi connectivity index (χ3n) is 8.06. The number of carbonyl (C=O) groups excluding carboxylic acids is 2. The average molecular weight is 756 g/mol. The maximum Gasteiger partial charge on any atom is 0.252 e. The van der Waals surface area contributed by atoms with Gasteiger partial charge in [-0.05, 0) is 59.7 Å². The SMILES string of the molecule is O=C(NCc1cccc(CNC(=O)c2cc(-c3cccc(Br)c3)nc3ccccc23)c1)c1cc(-c2cccc(Br)c2)nc2ccccc12. The minimum atomic E-state index is -0.186. The summed E-state index contributed by atoms with van der Waals surface area (Å²) in [7, 11) is 0. The van der Waals surface area contributed by atoms with E-state index in [0.717, 1.165) is 64.4 Å². The number of pyridine rings is 2. The molecule has 0 aliphatic carbocycles. The standard InChI is InChI=1S/C40H28Br2N4O2/c41-29-12-6-10-27(19-29)37-21-33(31-14-1-3-16-35(31)45-37)39(47)43-23-25-8-5-9-26(18-25)24-44-40(48)34-22-38(28-11-7-13-30(42)20-28)46-36-17-4-2-15-32(34)36/h1-22H,23-24H2,(H,43,47)(H,44,48).